The van der Waals surface area contributed by atoms with E-state index < -0.39 is 0 Å². The van der Waals surface area contributed by atoms with Crippen molar-refractivity contribution in [3.63, 3.8) is 0 Å². The van der Waals surface area contributed by atoms with Crippen LogP contribution in [0.2, 0.25) is 0 Å². The molecular formula is C30H36O2. The van der Waals surface area contributed by atoms with Crippen molar-refractivity contribution in [3.8, 4) is 0 Å². The molecule has 2 aromatic carbocycles. The molecule has 32 heavy (non-hydrogen) atoms. The number of carbonyl (C=O) groups excluding carboxylic acids is 2. The molecule has 0 bridgehead atoms. The molecule has 4 rings (SSSR count). The molecule has 0 spiro atoms. The summed E-state index contributed by atoms with van der Waals surface area (Å²) in [5, 5.41) is 0. The van der Waals surface area contributed by atoms with Gasteiger partial charge < -0.3 is 0 Å². The van der Waals surface area contributed by atoms with Crippen molar-refractivity contribution in [3.05, 3.63) is 83.4 Å². The molecule has 0 aromatic heterocycles. The highest BCUT2D eigenvalue weighted by molar-refractivity contribution is 6.09. The maximum absolute atomic E-state index is 13.8. The number of carbonyl (C=O) groups is 2. The van der Waals surface area contributed by atoms with Crippen molar-refractivity contribution in [2.75, 3.05) is 0 Å². The maximum Gasteiger partial charge on any atom is 0.189 e. The summed E-state index contributed by atoms with van der Waals surface area (Å²) >= 11 is 0. The number of rotatable bonds is 8. The lowest BCUT2D eigenvalue weighted by molar-refractivity contribution is 0.0928. The first-order chi connectivity index (χ1) is 15.7. The summed E-state index contributed by atoms with van der Waals surface area (Å²) < 4.78 is 0. The first-order valence-corrected chi connectivity index (χ1v) is 12.6. The molecule has 2 fully saturated rings. The van der Waals surface area contributed by atoms with E-state index >= 15 is 0 Å². The lowest BCUT2D eigenvalue weighted by atomic mass is 9.71. The van der Waals surface area contributed by atoms with Crippen LogP contribution in [0.4, 0.5) is 0 Å². The molecule has 0 amide bonds. The molecule has 0 N–H and O–H groups in total. The molecule has 2 aliphatic carbocycles. The average Bonchev–Trinajstić information content (AvgIpc) is 2.88. The molecule has 168 valence electrons. The Labute approximate surface area is 193 Å². The van der Waals surface area contributed by atoms with Crippen molar-refractivity contribution in [1.82, 2.24) is 0 Å². The van der Waals surface area contributed by atoms with Gasteiger partial charge in [-0.05, 0) is 43.4 Å². The minimum absolute atomic E-state index is 0.0117. The van der Waals surface area contributed by atoms with Crippen LogP contribution in [0.3, 0.4) is 0 Å². The first-order valence-electron chi connectivity index (χ1n) is 12.6. The normalized spacial score (nSPS) is 19.4. The van der Waals surface area contributed by atoms with Crippen LogP contribution in [-0.4, -0.2) is 11.6 Å². The highest BCUT2D eigenvalue weighted by Crippen LogP contribution is 2.39. The van der Waals surface area contributed by atoms with Crippen LogP contribution in [0, 0.1) is 17.8 Å². The third-order valence-electron chi connectivity index (χ3n) is 7.48. The third kappa shape index (κ3) is 5.85. The molecule has 0 aliphatic heterocycles. The molecular weight excluding hydrogens is 392 g/mol. The zero-order chi connectivity index (χ0) is 22.2. The van der Waals surface area contributed by atoms with Gasteiger partial charge in [0.1, 0.15) is 0 Å². The Morgan fingerprint density at radius 2 is 1.25 bits per heavy atom. The number of hydrogen-bond acceptors (Lipinski definition) is 2. The van der Waals surface area contributed by atoms with E-state index in [1.165, 1.54) is 38.5 Å². The minimum Gasteiger partial charge on any atom is -0.294 e. The van der Waals surface area contributed by atoms with Crippen molar-refractivity contribution in [2.24, 2.45) is 17.8 Å². The van der Waals surface area contributed by atoms with Gasteiger partial charge in [0.2, 0.25) is 0 Å². The summed E-state index contributed by atoms with van der Waals surface area (Å²) in [4.78, 5) is 27.2. The zero-order valence-electron chi connectivity index (χ0n) is 19.2. The first kappa shape index (κ1) is 22.7. The number of hydrogen-bond donors (Lipinski definition) is 0. The molecule has 2 heteroatoms. The van der Waals surface area contributed by atoms with Crippen LogP contribution >= 0.6 is 0 Å². The van der Waals surface area contributed by atoms with Crippen molar-refractivity contribution in [2.45, 2.75) is 70.6 Å². The Morgan fingerprint density at radius 3 is 1.84 bits per heavy atom. The van der Waals surface area contributed by atoms with Crippen LogP contribution in [0.25, 0.3) is 0 Å². The predicted octanol–water partition coefficient (Wildman–Crippen LogP) is 7.85. The number of Topliss-reactive ketones (excluding diaryl/α,β-unsaturated/α-hetero) is 2. The van der Waals surface area contributed by atoms with E-state index in [0.29, 0.717) is 18.3 Å². The molecule has 0 saturated heterocycles. The van der Waals surface area contributed by atoms with Crippen LogP contribution in [0.1, 0.15) is 91.3 Å². The average molecular weight is 429 g/mol. The van der Waals surface area contributed by atoms with E-state index in [4.69, 9.17) is 0 Å². The van der Waals surface area contributed by atoms with Crippen LogP contribution in [-0.2, 0) is 0 Å². The van der Waals surface area contributed by atoms with Gasteiger partial charge in [-0.25, -0.2) is 0 Å². The summed E-state index contributed by atoms with van der Waals surface area (Å²) in [5.74, 6) is 1.19. The van der Waals surface area contributed by atoms with Gasteiger partial charge in [0.15, 0.2) is 11.6 Å². The summed E-state index contributed by atoms with van der Waals surface area (Å²) in [6.45, 7) is 0. The predicted molar refractivity (Wildman–Crippen MR) is 131 cm³/mol. The second-order valence-electron chi connectivity index (χ2n) is 9.71. The van der Waals surface area contributed by atoms with E-state index in [1.54, 1.807) is 0 Å². The van der Waals surface area contributed by atoms with Crippen LogP contribution < -0.4 is 0 Å². The lowest BCUT2D eigenvalue weighted by Crippen LogP contribution is -2.27. The summed E-state index contributed by atoms with van der Waals surface area (Å²) in [6, 6.07) is 19.3. The number of benzene rings is 2. The Bertz CT molecular complexity index is 900. The molecule has 0 unspecified atom stereocenters. The molecule has 1 atom stereocenters. The quantitative estimate of drug-likeness (QED) is 0.317. The lowest BCUT2D eigenvalue weighted by Gasteiger charge is -2.32. The third-order valence-corrected chi connectivity index (χ3v) is 7.48. The summed E-state index contributed by atoms with van der Waals surface area (Å²) in [6.07, 6.45) is 14.8. The Hall–Kier alpha value is -2.48. The van der Waals surface area contributed by atoms with Crippen LogP contribution in [0.5, 0.6) is 0 Å². The van der Waals surface area contributed by atoms with E-state index in [9.17, 15) is 9.59 Å². The van der Waals surface area contributed by atoms with Crippen molar-refractivity contribution in [1.29, 1.82) is 0 Å². The number of ketones is 2. The molecule has 2 nitrogen and oxygen atoms in total. The SMILES string of the molecule is O=C(C[C@H](/C(=C/C1CCCCC1)C(=O)c1ccccc1)C1CCCCC1)c1ccccc1. The van der Waals surface area contributed by atoms with E-state index in [0.717, 1.165) is 42.4 Å². The molecule has 2 aromatic rings. The van der Waals surface area contributed by atoms with E-state index in [1.807, 2.05) is 60.7 Å². The monoisotopic (exact) mass is 428 g/mol. The molecule has 0 radical (unpaired) electrons. The Morgan fingerprint density at radius 1 is 0.719 bits per heavy atom. The van der Waals surface area contributed by atoms with Gasteiger partial charge in [-0.2, -0.15) is 0 Å². The standard InChI is InChI=1S/C30H36O2/c31-29(25-17-9-3-10-18-25)22-27(24-15-7-2-8-16-24)28(21-23-13-5-1-6-14-23)30(32)26-19-11-4-12-20-26/h3-4,9-12,17-21,23-24,27H,1-2,5-8,13-16,22H2/b28-21-/t27-/m0/s1. The Balaban J connectivity index is 1.69. The Kier molecular flexibility index (Phi) is 8.09. The number of allylic oxidation sites excluding steroid dienone is 2. The van der Waals surface area contributed by atoms with Crippen LogP contribution in [0.15, 0.2) is 72.3 Å². The largest absolute Gasteiger partial charge is 0.294 e. The highest BCUT2D eigenvalue weighted by atomic mass is 16.1. The van der Waals surface area contributed by atoms with Gasteiger partial charge in [0, 0.05) is 23.1 Å². The maximum atomic E-state index is 13.8. The van der Waals surface area contributed by atoms with Crippen molar-refractivity contribution < 1.29 is 9.59 Å². The van der Waals surface area contributed by atoms with Gasteiger partial charge in [-0.1, -0.05) is 105 Å². The topological polar surface area (TPSA) is 34.1 Å². The zero-order valence-corrected chi connectivity index (χ0v) is 19.2. The smallest absolute Gasteiger partial charge is 0.189 e. The molecule has 0 heterocycles. The fourth-order valence-corrected chi connectivity index (χ4v) is 5.69. The molecule has 2 saturated carbocycles. The van der Waals surface area contributed by atoms with Gasteiger partial charge in [0.05, 0.1) is 0 Å². The minimum atomic E-state index is 0.0117. The fraction of sp³-hybridized carbons (Fsp3) is 0.467. The van der Waals surface area contributed by atoms with Gasteiger partial charge in [-0.3, -0.25) is 9.59 Å². The van der Waals surface area contributed by atoms with E-state index in [2.05, 4.69) is 6.08 Å². The van der Waals surface area contributed by atoms with E-state index in [-0.39, 0.29) is 17.5 Å². The van der Waals surface area contributed by atoms with Gasteiger partial charge in [-0.15, -0.1) is 0 Å². The van der Waals surface area contributed by atoms with Gasteiger partial charge in [0.25, 0.3) is 0 Å². The second kappa shape index (κ2) is 11.4. The summed E-state index contributed by atoms with van der Waals surface area (Å²) in [7, 11) is 0. The van der Waals surface area contributed by atoms with Gasteiger partial charge >= 0.3 is 0 Å². The van der Waals surface area contributed by atoms with Crippen molar-refractivity contribution >= 4 is 11.6 Å². The summed E-state index contributed by atoms with van der Waals surface area (Å²) in [5.41, 5.74) is 2.43. The fourth-order valence-electron chi connectivity index (χ4n) is 5.69. The second-order valence-corrected chi connectivity index (χ2v) is 9.71. The molecule has 2 aliphatic rings. The highest BCUT2D eigenvalue weighted by Gasteiger charge is 2.33.